The van der Waals surface area contributed by atoms with Crippen LogP contribution in [0.15, 0.2) is 24.5 Å². The zero-order valence-electron chi connectivity index (χ0n) is 18.5. The number of nitrogens with one attached hydrogen (secondary N) is 1. The number of tetrazole rings is 1. The van der Waals surface area contributed by atoms with Crippen LogP contribution < -0.4 is 5.32 Å². The fourth-order valence-corrected chi connectivity index (χ4v) is 7.45. The number of benzene rings is 1. The molecule has 168 valence electrons. The number of rotatable bonds is 4. The summed E-state index contributed by atoms with van der Waals surface area (Å²) < 4.78 is 1.59. The number of amides is 2. The first-order valence-electron chi connectivity index (χ1n) is 12.0. The van der Waals surface area contributed by atoms with E-state index in [2.05, 4.69) is 20.8 Å². The molecule has 1 N–H and O–H groups in total. The van der Waals surface area contributed by atoms with Gasteiger partial charge in [0.15, 0.2) is 0 Å². The lowest BCUT2D eigenvalue weighted by atomic mass is 9.49. The van der Waals surface area contributed by atoms with E-state index in [1.54, 1.807) is 4.68 Å². The largest absolute Gasteiger partial charge is 0.330 e. The minimum Gasteiger partial charge on any atom is -0.330 e. The molecule has 0 spiro atoms. The smallest absolute Gasteiger partial charge is 0.247 e. The molecule has 2 amide bonds. The molecule has 4 aliphatic carbocycles. The van der Waals surface area contributed by atoms with Gasteiger partial charge in [-0.1, -0.05) is 6.07 Å². The third kappa shape index (κ3) is 3.14. The molecule has 7 rings (SSSR count). The summed E-state index contributed by atoms with van der Waals surface area (Å²) >= 11 is 0. The van der Waals surface area contributed by atoms with Crippen molar-refractivity contribution in [1.82, 2.24) is 25.1 Å². The molecular weight excluding hydrogens is 404 g/mol. The molecular formula is C24H30N6O2. The number of carbonyl (C=O) groups excluding carboxylic acids is 2. The maximum atomic E-state index is 13.9. The Morgan fingerprint density at radius 2 is 1.81 bits per heavy atom. The van der Waals surface area contributed by atoms with E-state index in [0.717, 1.165) is 66.8 Å². The number of carbonyl (C=O) groups is 2. The highest BCUT2D eigenvalue weighted by Gasteiger charge is 2.56. The van der Waals surface area contributed by atoms with Gasteiger partial charge < -0.3 is 10.2 Å². The molecule has 1 aromatic heterocycles. The lowest BCUT2D eigenvalue weighted by Crippen LogP contribution is -2.56. The first-order valence-corrected chi connectivity index (χ1v) is 12.0. The zero-order valence-corrected chi connectivity index (χ0v) is 18.5. The van der Waals surface area contributed by atoms with Gasteiger partial charge in [-0.05, 0) is 104 Å². The van der Waals surface area contributed by atoms with Crippen LogP contribution in [0.5, 0.6) is 0 Å². The van der Waals surface area contributed by atoms with Gasteiger partial charge in [-0.15, -0.1) is 5.10 Å². The third-order valence-electron chi connectivity index (χ3n) is 8.47. The van der Waals surface area contributed by atoms with Gasteiger partial charge in [-0.25, -0.2) is 4.68 Å². The molecule has 5 aliphatic rings. The number of nitrogens with zero attached hydrogens (tertiary/aromatic N) is 5. The van der Waals surface area contributed by atoms with E-state index in [4.69, 9.17) is 0 Å². The number of aromatic nitrogens is 4. The normalized spacial score (nSPS) is 33.0. The standard InChI is InChI=1S/C24H30N6O2/c1-15-19(4-2-5-20(15)30-14-25-27-28-30)26-22(31)21-6-3-7-29(21)23(32)24-11-16-8-17(12-24)10-18(9-16)13-24/h2,4-5,14,16-18,21H,3,6-13H2,1H3,(H,26,31)/t16?,17?,18?,21-,24?/m0/s1. The molecule has 2 aromatic rings. The highest BCUT2D eigenvalue weighted by atomic mass is 16.2. The van der Waals surface area contributed by atoms with E-state index < -0.39 is 0 Å². The van der Waals surface area contributed by atoms with Crippen molar-refractivity contribution in [2.24, 2.45) is 23.2 Å². The average Bonchev–Trinajstić information content (AvgIpc) is 3.46. The molecule has 8 nitrogen and oxygen atoms in total. The number of hydrogen-bond donors (Lipinski definition) is 1. The van der Waals surface area contributed by atoms with Crippen LogP contribution in [0, 0.1) is 30.1 Å². The van der Waals surface area contributed by atoms with E-state index in [1.807, 2.05) is 30.0 Å². The second-order valence-corrected chi connectivity index (χ2v) is 10.5. The summed E-state index contributed by atoms with van der Waals surface area (Å²) in [6.45, 7) is 2.64. The molecule has 2 heterocycles. The summed E-state index contributed by atoms with van der Waals surface area (Å²) in [5, 5.41) is 14.5. The summed E-state index contributed by atoms with van der Waals surface area (Å²) in [5.41, 5.74) is 2.25. The van der Waals surface area contributed by atoms with Crippen LogP contribution in [0.4, 0.5) is 5.69 Å². The topological polar surface area (TPSA) is 93.0 Å². The summed E-state index contributed by atoms with van der Waals surface area (Å²) in [7, 11) is 0. The summed E-state index contributed by atoms with van der Waals surface area (Å²) in [5.74, 6) is 2.33. The Balaban J connectivity index is 1.21. The van der Waals surface area contributed by atoms with Crippen LogP contribution in [-0.2, 0) is 9.59 Å². The second kappa shape index (κ2) is 7.39. The molecule has 8 heteroatoms. The Morgan fingerprint density at radius 3 is 2.47 bits per heavy atom. The van der Waals surface area contributed by atoms with Crippen LogP contribution in [0.2, 0.25) is 0 Å². The van der Waals surface area contributed by atoms with E-state index in [0.29, 0.717) is 6.54 Å². The van der Waals surface area contributed by atoms with Crippen molar-refractivity contribution in [2.75, 3.05) is 11.9 Å². The molecule has 0 radical (unpaired) electrons. The Morgan fingerprint density at radius 1 is 1.09 bits per heavy atom. The van der Waals surface area contributed by atoms with Gasteiger partial charge in [0.1, 0.15) is 12.4 Å². The fourth-order valence-electron chi connectivity index (χ4n) is 7.45. The van der Waals surface area contributed by atoms with Crippen LogP contribution in [0.3, 0.4) is 0 Å². The van der Waals surface area contributed by atoms with Gasteiger partial charge in [-0.3, -0.25) is 9.59 Å². The number of anilines is 1. The molecule has 1 saturated heterocycles. The minimum absolute atomic E-state index is 0.0856. The average molecular weight is 435 g/mol. The highest BCUT2D eigenvalue weighted by Crippen LogP contribution is 2.60. The van der Waals surface area contributed by atoms with Crippen LogP contribution in [0.25, 0.3) is 5.69 Å². The quantitative estimate of drug-likeness (QED) is 0.798. The predicted octanol–water partition coefficient (Wildman–Crippen LogP) is 3.12. The van der Waals surface area contributed by atoms with Crippen molar-refractivity contribution in [3.05, 3.63) is 30.1 Å². The van der Waals surface area contributed by atoms with E-state index >= 15 is 0 Å². The van der Waals surface area contributed by atoms with Crippen molar-refractivity contribution >= 4 is 17.5 Å². The first kappa shape index (κ1) is 19.9. The highest BCUT2D eigenvalue weighted by molar-refractivity contribution is 5.99. The number of hydrogen-bond acceptors (Lipinski definition) is 5. The summed E-state index contributed by atoms with van der Waals surface area (Å²) in [6, 6.07) is 5.31. The Labute approximate surface area is 187 Å². The van der Waals surface area contributed by atoms with Crippen LogP contribution >= 0.6 is 0 Å². The monoisotopic (exact) mass is 434 g/mol. The van der Waals surface area contributed by atoms with Gasteiger partial charge in [0.25, 0.3) is 0 Å². The van der Waals surface area contributed by atoms with Gasteiger partial charge in [0, 0.05) is 12.2 Å². The van der Waals surface area contributed by atoms with Crippen LogP contribution in [-0.4, -0.2) is 49.5 Å². The van der Waals surface area contributed by atoms with E-state index in [-0.39, 0.29) is 23.3 Å². The van der Waals surface area contributed by atoms with Gasteiger partial charge in [0.05, 0.1) is 11.1 Å². The maximum absolute atomic E-state index is 13.9. The summed E-state index contributed by atoms with van der Waals surface area (Å²) in [6.07, 6.45) is 10.2. The van der Waals surface area contributed by atoms with Crippen molar-refractivity contribution in [2.45, 2.75) is 64.3 Å². The van der Waals surface area contributed by atoms with Gasteiger partial charge in [0.2, 0.25) is 11.8 Å². The Bertz CT molecular complexity index is 1010. The fraction of sp³-hybridized carbons (Fsp3) is 0.625. The lowest BCUT2D eigenvalue weighted by molar-refractivity contribution is -0.160. The van der Waals surface area contributed by atoms with Crippen molar-refractivity contribution < 1.29 is 9.59 Å². The van der Waals surface area contributed by atoms with Crippen LogP contribution in [0.1, 0.15) is 56.9 Å². The molecule has 1 aromatic carbocycles. The molecule has 0 unspecified atom stereocenters. The maximum Gasteiger partial charge on any atom is 0.247 e. The third-order valence-corrected chi connectivity index (χ3v) is 8.47. The van der Waals surface area contributed by atoms with Crippen molar-refractivity contribution in [3.8, 4) is 5.69 Å². The van der Waals surface area contributed by atoms with E-state index in [1.165, 1.54) is 25.6 Å². The Kier molecular flexibility index (Phi) is 4.59. The zero-order chi connectivity index (χ0) is 21.9. The minimum atomic E-state index is -0.383. The van der Waals surface area contributed by atoms with Gasteiger partial charge >= 0.3 is 0 Å². The van der Waals surface area contributed by atoms with Gasteiger partial charge in [-0.2, -0.15) is 0 Å². The Hall–Kier alpha value is -2.77. The molecule has 4 bridgehead atoms. The molecule has 32 heavy (non-hydrogen) atoms. The molecule has 5 fully saturated rings. The predicted molar refractivity (Wildman–Crippen MR) is 118 cm³/mol. The molecule has 1 aliphatic heterocycles. The summed E-state index contributed by atoms with van der Waals surface area (Å²) in [4.78, 5) is 29.1. The lowest BCUT2D eigenvalue weighted by Gasteiger charge is -2.56. The molecule has 4 saturated carbocycles. The first-order chi connectivity index (χ1) is 15.5. The SMILES string of the molecule is Cc1c(NC(=O)[C@@H]2CCCN2C(=O)C23CC4CC(CC(C4)C2)C3)cccc1-n1cnnn1. The molecule has 1 atom stereocenters. The van der Waals surface area contributed by atoms with E-state index in [9.17, 15) is 9.59 Å². The van der Waals surface area contributed by atoms with Crippen molar-refractivity contribution in [3.63, 3.8) is 0 Å². The number of likely N-dealkylation sites (tertiary alicyclic amines) is 1. The second-order valence-electron chi connectivity index (χ2n) is 10.5. The van der Waals surface area contributed by atoms with Crippen molar-refractivity contribution in [1.29, 1.82) is 0 Å².